The van der Waals surface area contributed by atoms with Crippen LogP contribution in [0.5, 0.6) is 0 Å². The lowest BCUT2D eigenvalue weighted by molar-refractivity contribution is 0.101. The summed E-state index contributed by atoms with van der Waals surface area (Å²) in [4.78, 5) is 11.2. The zero-order valence-electron chi connectivity index (χ0n) is 8.85. The van der Waals surface area contributed by atoms with E-state index in [1.807, 2.05) is 13.0 Å². The van der Waals surface area contributed by atoms with Crippen molar-refractivity contribution in [3.8, 4) is 0 Å². The van der Waals surface area contributed by atoms with Crippen LogP contribution in [0.2, 0.25) is 0 Å². The number of carbonyl (C=O) groups excluding carboxylic acids is 1. The molecule has 2 heteroatoms. The van der Waals surface area contributed by atoms with Gasteiger partial charge in [-0.05, 0) is 33.3 Å². The Morgan fingerprint density at radius 1 is 1.46 bits per heavy atom. The monoisotopic (exact) mass is 179 g/mol. The first-order valence-corrected chi connectivity index (χ1v) is 4.75. The molecule has 1 aromatic heterocycles. The normalized spacial score (nSPS) is 10.5. The predicted octanol–water partition coefficient (Wildman–Crippen LogP) is 2.72. The van der Waals surface area contributed by atoms with E-state index in [2.05, 4.69) is 18.4 Å². The first kappa shape index (κ1) is 10.0. The average molecular weight is 179 g/mol. The molecule has 1 rings (SSSR count). The van der Waals surface area contributed by atoms with Crippen molar-refractivity contribution in [3.05, 3.63) is 23.0 Å². The number of aromatic nitrogens is 1. The van der Waals surface area contributed by atoms with Crippen molar-refractivity contribution in [1.82, 2.24) is 4.57 Å². The summed E-state index contributed by atoms with van der Waals surface area (Å²) >= 11 is 0. The second kappa shape index (κ2) is 3.77. The van der Waals surface area contributed by atoms with E-state index in [1.54, 1.807) is 6.92 Å². The molecule has 0 aliphatic heterocycles. The van der Waals surface area contributed by atoms with Gasteiger partial charge in [-0.2, -0.15) is 0 Å². The predicted molar refractivity (Wildman–Crippen MR) is 54.2 cm³/mol. The highest BCUT2D eigenvalue weighted by Crippen LogP contribution is 2.15. The number of ketones is 1. The minimum Gasteiger partial charge on any atom is -0.348 e. The van der Waals surface area contributed by atoms with Gasteiger partial charge in [-0.15, -0.1) is 0 Å². The van der Waals surface area contributed by atoms with Gasteiger partial charge in [0.25, 0.3) is 0 Å². The molecule has 0 N–H and O–H groups in total. The maximum Gasteiger partial charge on any atom is 0.161 e. The van der Waals surface area contributed by atoms with E-state index in [-0.39, 0.29) is 5.78 Å². The molecule has 2 nitrogen and oxygen atoms in total. The third-order valence-corrected chi connectivity index (χ3v) is 2.40. The molecular weight excluding hydrogens is 162 g/mol. The first-order chi connectivity index (χ1) is 6.07. The molecule has 0 aromatic carbocycles. The molecule has 0 saturated carbocycles. The number of carbonyl (C=O) groups is 1. The highest BCUT2D eigenvalue weighted by atomic mass is 16.1. The highest BCUT2D eigenvalue weighted by Gasteiger charge is 2.10. The summed E-state index contributed by atoms with van der Waals surface area (Å²) in [6.07, 6.45) is 1.10. The van der Waals surface area contributed by atoms with Gasteiger partial charge < -0.3 is 4.57 Å². The van der Waals surface area contributed by atoms with Crippen molar-refractivity contribution in [3.63, 3.8) is 0 Å². The van der Waals surface area contributed by atoms with Crippen molar-refractivity contribution in [2.24, 2.45) is 0 Å². The lowest BCUT2D eigenvalue weighted by Crippen LogP contribution is -2.02. The standard InChI is InChI=1S/C11H17NO/c1-5-6-12-8(2)7-11(9(12)3)10(4)13/h7H,5-6H2,1-4H3. The average Bonchev–Trinajstić information content (AvgIpc) is 2.32. The van der Waals surface area contributed by atoms with Crippen molar-refractivity contribution in [1.29, 1.82) is 0 Å². The zero-order valence-corrected chi connectivity index (χ0v) is 8.85. The van der Waals surface area contributed by atoms with Crippen LogP contribution in [0, 0.1) is 13.8 Å². The van der Waals surface area contributed by atoms with Gasteiger partial charge in [-0.3, -0.25) is 4.79 Å². The van der Waals surface area contributed by atoms with Crippen molar-refractivity contribution < 1.29 is 4.79 Å². The first-order valence-electron chi connectivity index (χ1n) is 4.75. The van der Waals surface area contributed by atoms with Gasteiger partial charge >= 0.3 is 0 Å². The number of rotatable bonds is 3. The fraction of sp³-hybridized carbons (Fsp3) is 0.545. The van der Waals surface area contributed by atoms with E-state index in [1.165, 1.54) is 5.69 Å². The van der Waals surface area contributed by atoms with Gasteiger partial charge in [0.15, 0.2) is 5.78 Å². The van der Waals surface area contributed by atoms with Gasteiger partial charge in [0.1, 0.15) is 0 Å². The van der Waals surface area contributed by atoms with E-state index in [4.69, 9.17) is 0 Å². The molecule has 72 valence electrons. The molecule has 1 heterocycles. The van der Waals surface area contributed by atoms with Crippen LogP contribution in [0.3, 0.4) is 0 Å². The lowest BCUT2D eigenvalue weighted by atomic mass is 10.2. The molecule has 1 aromatic rings. The van der Waals surface area contributed by atoms with Crippen LogP contribution in [0.4, 0.5) is 0 Å². The minimum absolute atomic E-state index is 0.162. The number of nitrogens with zero attached hydrogens (tertiary/aromatic N) is 1. The van der Waals surface area contributed by atoms with E-state index >= 15 is 0 Å². The van der Waals surface area contributed by atoms with Crippen LogP contribution in [0.1, 0.15) is 42.0 Å². The van der Waals surface area contributed by atoms with Gasteiger partial charge in [0.2, 0.25) is 0 Å². The summed E-state index contributed by atoms with van der Waals surface area (Å²) < 4.78 is 2.21. The van der Waals surface area contributed by atoms with Gasteiger partial charge in [-0.25, -0.2) is 0 Å². The van der Waals surface area contributed by atoms with E-state index in [0.29, 0.717) is 0 Å². The molecule has 0 aliphatic carbocycles. The maximum absolute atomic E-state index is 11.2. The number of Topliss-reactive ketones (excluding diaryl/α,β-unsaturated/α-hetero) is 1. The molecule has 0 unspecified atom stereocenters. The Hall–Kier alpha value is -1.05. The molecule has 13 heavy (non-hydrogen) atoms. The van der Waals surface area contributed by atoms with Gasteiger partial charge in [0, 0.05) is 23.5 Å². The van der Waals surface area contributed by atoms with E-state index in [0.717, 1.165) is 24.2 Å². The third-order valence-electron chi connectivity index (χ3n) is 2.40. The number of hydrogen-bond donors (Lipinski definition) is 0. The summed E-state index contributed by atoms with van der Waals surface area (Å²) in [5, 5.41) is 0. The Kier molecular flexibility index (Phi) is 2.91. The van der Waals surface area contributed by atoms with Crippen LogP contribution < -0.4 is 0 Å². The van der Waals surface area contributed by atoms with Gasteiger partial charge in [0.05, 0.1) is 0 Å². The van der Waals surface area contributed by atoms with Crippen molar-refractivity contribution in [2.45, 2.75) is 40.7 Å². The molecule has 0 aliphatic rings. The van der Waals surface area contributed by atoms with Gasteiger partial charge in [-0.1, -0.05) is 6.92 Å². The van der Waals surface area contributed by atoms with Crippen LogP contribution in [0.25, 0.3) is 0 Å². The van der Waals surface area contributed by atoms with Crippen molar-refractivity contribution >= 4 is 5.78 Å². The van der Waals surface area contributed by atoms with Crippen LogP contribution in [-0.4, -0.2) is 10.4 Å². The highest BCUT2D eigenvalue weighted by molar-refractivity contribution is 5.95. The number of aryl methyl sites for hydroxylation is 1. The van der Waals surface area contributed by atoms with Crippen molar-refractivity contribution in [2.75, 3.05) is 0 Å². The lowest BCUT2D eigenvalue weighted by Gasteiger charge is -2.06. The van der Waals surface area contributed by atoms with E-state index < -0.39 is 0 Å². The van der Waals surface area contributed by atoms with E-state index in [9.17, 15) is 4.79 Å². The molecule has 0 fully saturated rings. The van der Waals surface area contributed by atoms with Crippen LogP contribution in [-0.2, 0) is 6.54 Å². The van der Waals surface area contributed by atoms with Crippen LogP contribution >= 0.6 is 0 Å². The molecule has 0 saturated heterocycles. The summed E-state index contributed by atoms with van der Waals surface area (Å²) in [5.41, 5.74) is 3.15. The minimum atomic E-state index is 0.162. The SMILES string of the molecule is CCCn1c(C)cc(C(C)=O)c1C. The Morgan fingerprint density at radius 3 is 2.46 bits per heavy atom. The Morgan fingerprint density at radius 2 is 2.08 bits per heavy atom. The number of hydrogen-bond acceptors (Lipinski definition) is 1. The second-order valence-electron chi connectivity index (χ2n) is 3.49. The Labute approximate surface area is 79.6 Å². The largest absolute Gasteiger partial charge is 0.348 e. The molecule has 0 radical (unpaired) electrons. The fourth-order valence-corrected chi connectivity index (χ4v) is 1.73. The third kappa shape index (κ3) is 1.82. The smallest absolute Gasteiger partial charge is 0.161 e. The summed E-state index contributed by atoms with van der Waals surface area (Å²) in [6.45, 7) is 8.84. The topological polar surface area (TPSA) is 22.0 Å². The Balaban J connectivity index is 3.14. The second-order valence-corrected chi connectivity index (χ2v) is 3.49. The summed E-state index contributed by atoms with van der Waals surface area (Å²) in [7, 11) is 0. The summed E-state index contributed by atoms with van der Waals surface area (Å²) in [5.74, 6) is 0.162. The Bertz CT molecular complexity index is 323. The zero-order chi connectivity index (χ0) is 10.0. The molecule has 0 atom stereocenters. The molecular formula is C11H17NO. The molecule has 0 bridgehead atoms. The quantitative estimate of drug-likeness (QED) is 0.654. The summed E-state index contributed by atoms with van der Waals surface area (Å²) in [6, 6.07) is 1.98. The molecule has 0 amide bonds. The maximum atomic E-state index is 11.2. The molecule has 0 spiro atoms. The fourth-order valence-electron chi connectivity index (χ4n) is 1.73. The van der Waals surface area contributed by atoms with Crippen LogP contribution in [0.15, 0.2) is 6.07 Å².